The van der Waals surface area contributed by atoms with E-state index in [0.29, 0.717) is 6.10 Å². The molecule has 0 aromatic carbocycles. The standard InChI is InChI=1S/C12H20N2O/c1-11(5-4-8-13)15-10-7-12-6-2-3-9-14-12/h2-3,6,9,11H,4-5,7-8,10,13H2,1H3. The lowest BCUT2D eigenvalue weighted by atomic mass is 10.2. The molecule has 15 heavy (non-hydrogen) atoms. The lowest BCUT2D eigenvalue weighted by Crippen LogP contribution is -2.13. The van der Waals surface area contributed by atoms with Crippen molar-refractivity contribution in [3.05, 3.63) is 30.1 Å². The van der Waals surface area contributed by atoms with E-state index in [4.69, 9.17) is 10.5 Å². The molecule has 1 aromatic heterocycles. The first-order chi connectivity index (χ1) is 7.33. The summed E-state index contributed by atoms with van der Waals surface area (Å²) in [4.78, 5) is 4.24. The quantitative estimate of drug-likeness (QED) is 0.743. The molecule has 0 spiro atoms. The molecule has 0 saturated heterocycles. The predicted octanol–water partition coefficient (Wildman–Crippen LogP) is 1.77. The summed E-state index contributed by atoms with van der Waals surface area (Å²) in [5.41, 5.74) is 6.52. The van der Waals surface area contributed by atoms with Crippen LogP contribution in [0.4, 0.5) is 0 Å². The zero-order chi connectivity index (χ0) is 10.9. The third kappa shape index (κ3) is 5.50. The fraction of sp³-hybridized carbons (Fsp3) is 0.583. The highest BCUT2D eigenvalue weighted by atomic mass is 16.5. The molecule has 1 atom stereocenters. The number of rotatable bonds is 7. The van der Waals surface area contributed by atoms with E-state index in [2.05, 4.69) is 11.9 Å². The van der Waals surface area contributed by atoms with E-state index in [1.807, 2.05) is 24.4 Å². The van der Waals surface area contributed by atoms with Gasteiger partial charge in [-0.05, 0) is 38.4 Å². The number of nitrogens with two attached hydrogens (primary N) is 1. The molecule has 0 aliphatic rings. The van der Waals surface area contributed by atoms with Crippen molar-refractivity contribution in [1.29, 1.82) is 0 Å². The summed E-state index contributed by atoms with van der Waals surface area (Å²) >= 11 is 0. The second-order valence-corrected chi connectivity index (χ2v) is 3.68. The van der Waals surface area contributed by atoms with Crippen LogP contribution in [-0.2, 0) is 11.2 Å². The molecule has 0 aliphatic carbocycles. The van der Waals surface area contributed by atoms with E-state index in [9.17, 15) is 0 Å². The number of ether oxygens (including phenoxy) is 1. The normalized spacial score (nSPS) is 12.7. The molecular weight excluding hydrogens is 188 g/mol. The molecule has 1 rings (SSSR count). The fourth-order valence-corrected chi connectivity index (χ4v) is 1.40. The molecule has 0 radical (unpaired) electrons. The van der Waals surface area contributed by atoms with E-state index < -0.39 is 0 Å². The van der Waals surface area contributed by atoms with Crippen LogP contribution in [-0.4, -0.2) is 24.2 Å². The summed E-state index contributed by atoms with van der Waals surface area (Å²) in [5, 5.41) is 0. The summed E-state index contributed by atoms with van der Waals surface area (Å²) < 4.78 is 5.65. The van der Waals surface area contributed by atoms with Crippen molar-refractivity contribution in [2.45, 2.75) is 32.3 Å². The maximum absolute atomic E-state index is 5.65. The number of aromatic nitrogens is 1. The molecule has 3 nitrogen and oxygen atoms in total. The smallest absolute Gasteiger partial charge is 0.0547 e. The zero-order valence-electron chi connectivity index (χ0n) is 9.36. The number of hydrogen-bond acceptors (Lipinski definition) is 3. The number of hydrogen-bond donors (Lipinski definition) is 1. The van der Waals surface area contributed by atoms with Crippen molar-refractivity contribution in [3.8, 4) is 0 Å². The largest absolute Gasteiger partial charge is 0.378 e. The number of pyridine rings is 1. The van der Waals surface area contributed by atoms with Crippen LogP contribution in [0.25, 0.3) is 0 Å². The highest BCUT2D eigenvalue weighted by Gasteiger charge is 2.01. The van der Waals surface area contributed by atoms with Gasteiger partial charge in [0.1, 0.15) is 0 Å². The molecule has 3 heteroatoms. The lowest BCUT2D eigenvalue weighted by molar-refractivity contribution is 0.0612. The van der Waals surface area contributed by atoms with Crippen LogP contribution < -0.4 is 5.73 Å². The Balaban J connectivity index is 2.11. The van der Waals surface area contributed by atoms with Gasteiger partial charge in [0.05, 0.1) is 12.7 Å². The Morgan fingerprint density at radius 2 is 2.33 bits per heavy atom. The molecule has 84 valence electrons. The first-order valence-electron chi connectivity index (χ1n) is 5.54. The summed E-state index contributed by atoms with van der Waals surface area (Å²) in [5.74, 6) is 0. The molecule has 0 amide bonds. The van der Waals surface area contributed by atoms with Gasteiger partial charge in [0.2, 0.25) is 0 Å². The number of nitrogens with zero attached hydrogens (tertiary/aromatic N) is 1. The minimum absolute atomic E-state index is 0.303. The second-order valence-electron chi connectivity index (χ2n) is 3.68. The van der Waals surface area contributed by atoms with E-state index in [1.165, 1.54) is 0 Å². The molecule has 2 N–H and O–H groups in total. The van der Waals surface area contributed by atoms with E-state index >= 15 is 0 Å². The van der Waals surface area contributed by atoms with Gasteiger partial charge in [0.15, 0.2) is 0 Å². The lowest BCUT2D eigenvalue weighted by Gasteiger charge is -2.11. The van der Waals surface area contributed by atoms with Crippen LogP contribution in [0.5, 0.6) is 0 Å². The Kier molecular flexibility index (Phi) is 5.97. The molecule has 0 fully saturated rings. The highest BCUT2D eigenvalue weighted by molar-refractivity contribution is 5.03. The topological polar surface area (TPSA) is 48.1 Å². The monoisotopic (exact) mass is 208 g/mol. The van der Waals surface area contributed by atoms with Crippen molar-refractivity contribution >= 4 is 0 Å². The van der Waals surface area contributed by atoms with E-state index in [-0.39, 0.29) is 0 Å². The van der Waals surface area contributed by atoms with Crippen LogP contribution in [0, 0.1) is 0 Å². The first-order valence-corrected chi connectivity index (χ1v) is 5.54. The van der Waals surface area contributed by atoms with Crippen molar-refractivity contribution in [3.63, 3.8) is 0 Å². The third-order valence-electron chi connectivity index (χ3n) is 2.30. The molecular formula is C12H20N2O. The van der Waals surface area contributed by atoms with Crippen LogP contribution in [0.1, 0.15) is 25.5 Å². The highest BCUT2D eigenvalue weighted by Crippen LogP contribution is 2.02. The molecule has 0 aliphatic heterocycles. The molecule has 0 bridgehead atoms. The fourth-order valence-electron chi connectivity index (χ4n) is 1.40. The van der Waals surface area contributed by atoms with Gasteiger partial charge in [0.25, 0.3) is 0 Å². The minimum Gasteiger partial charge on any atom is -0.378 e. The van der Waals surface area contributed by atoms with Gasteiger partial charge in [-0.1, -0.05) is 6.07 Å². The van der Waals surface area contributed by atoms with Gasteiger partial charge in [-0.2, -0.15) is 0 Å². The van der Waals surface area contributed by atoms with Gasteiger partial charge in [0, 0.05) is 18.3 Å². The summed E-state index contributed by atoms with van der Waals surface area (Å²) in [7, 11) is 0. The van der Waals surface area contributed by atoms with E-state index in [0.717, 1.165) is 38.1 Å². The van der Waals surface area contributed by atoms with Crippen LogP contribution in [0.3, 0.4) is 0 Å². The van der Waals surface area contributed by atoms with Gasteiger partial charge < -0.3 is 10.5 Å². The van der Waals surface area contributed by atoms with Crippen molar-refractivity contribution in [2.24, 2.45) is 5.73 Å². The molecule has 1 unspecified atom stereocenters. The maximum atomic E-state index is 5.65. The van der Waals surface area contributed by atoms with Crippen LogP contribution in [0.2, 0.25) is 0 Å². The van der Waals surface area contributed by atoms with Crippen LogP contribution in [0.15, 0.2) is 24.4 Å². The summed E-state index contributed by atoms with van der Waals surface area (Å²) in [6, 6.07) is 5.95. The molecule has 0 saturated carbocycles. The zero-order valence-corrected chi connectivity index (χ0v) is 9.36. The SMILES string of the molecule is CC(CCCN)OCCc1ccccn1. The third-order valence-corrected chi connectivity index (χ3v) is 2.30. The van der Waals surface area contributed by atoms with Gasteiger partial charge >= 0.3 is 0 Å². The van der Waals surface area contributed by atoms with E-state index in [1.54, 1.807) is 0 Å². The predicted molar refractivity (Wildman–Crippen MR) is 61.6 cm³/mol. The molecule has 1 aromatic rings. The Hall–Kier alpha value is -0.930. The maximum Gasteiger partial charge on any atom is 0.0547 e. The van der Waals surface area contributed by atoms with Gasteiger partial charge in [-0.3, -0.25) is 4.98 Å². The Labute approximate surface area is 91.7 Å². The average molecular weight is 208 g/mol. The summed E-state index contributed by atoms with van der Waals surface area (Å²) in [6.45, 7) is 3.57. The van der Waals surface area contributed by atoms with Crippen molar-refractivity contribution < 1.29 is 4.74 Å². The summed E-state index contributed by atoms with van der Waals surface area (Å²) in [6.07, 6.45) is 5.07. The Morgan fingerprint density at radius 1 is 1.47 bits per heavy atom. The van der Waals surface area contributed by atoms with Gasteiger partial charge in [-0.15, -0.1) is 0 Å². The first kappa shape index (κ1) is 12.1. The Morgan fingerprint density at radius 3 is 3.00 bits per heavy atom. The van der Waals surface area contributed by atoms with Crippen LogP contribution >= 0.6 is 0 Å². The second kappa shape index (κ2) is 7.37. The minimum atomic E-state index is 0.303. The average Bonchev–Trinajstić information content (AvgIpc) is 2.28. The molecule has 1 heterocycles. The van der Waals surface area contributed by atoms with Crippen molar-refractivity contribution in [1.82, 2.24) is 4.98 Å². The van der Waals surface area contributed by atoms with Crippen molar-refractivity contribution in [2.75, 3.05) is 13.2 Å². The Bertz CT molecular complexity index is 251. The van der Waals surface area contributed by atoms with Gasteiger partial charge in [-0.25, -0.2) is 0 Å².